The smallest absolute Gasteiger partial charge is 0.249 e. The summed E-state index contributed by atoms with van der Waals surface area (Å²) in [6.45, 7) is 3.74. The maximum absolute atomic E-state index is 11.6. The fourth-order valence-electron chi connectivity index (χ4n) is 1.18. The number of hydrogen-bond donors (Lipinski definition) is 2. The fraction of sp³-hybridized carbons (Fsp3) is 0.308. The number of nitrogens with zero attached hydrogens (tertiary/aromatic N) is 1. The predicted octanol–water partition coefficient (Wildman–Crippen LogP) is 2.68. The molecule has 1 rings (SSSR count). The topological polar surface area (TPSA) is 70.6 Å². The van der Waals surface area contributed by atoms with E-state index >= 15 is 0 Å². The van der Waals surface area contributed by atoms with Gasteiger partial charge in [0.1, 0.15) is 6.42 Å². The minimum absolute atomic E-state index is 0.262. The molecule has 0 aliphatic carbocycles. The summed E-state index contributed by atoms with van der Waals surface area (Å²) in [5, 5.41) is 6.50. The van der Waals surface area contributed by atoms with Crippen molar-refractivity contribution >= 4 is 39.1 Å². The summed E-state index contributed by atoms with van der Waals surface area (Å²) in [6.07, 6.45) is 0.491. The highest BCUT2D eigenvalue weighted by Gasteiger charge is 2.10. The van der Waals surface area contributed by atoms with Crippen LogP contribution in [0.15, 0.2) is 33.8 Å². The molecule has 19 heavy (non-hydrogen) atoms. The summed E-state index contributed by atoms with van der Waals surface area (Å²) in [5.41, 5.74) is 3.78. The molecule has 0 heterocycles. The quantitative estimate of drug-likeness (QED) is 0.496. The van der Waals surface area contributed by atoms with Gasteiger partial charge in [-0.15, -0.1) is 0 Å². The van der Waals surface area contributed by atoms with Crippen LogP contribution < -0.4 is 10.7 Å². The van der Waals surface area contributed by atoms with Crippen molar-refractivity contribution in [3.8, 4) is 0 Å². The van der Waals surface area contributed by atoms with E-state index in [1.807, 2.05) is 19.1 Å². The Hall–Kier alpha value is -1.69. The summed E-state index contributed by atoms with van der Waals surface area (Å²) in [4.78, 5) is 23.1. The molecule has 0 unspecified atom stereocenters. The molecule has 0 saturated carbocycles. The van der Waals surface area contributed by atoms with Crippen LogP contribution in [-0.4, -0.2) is 17.5 Å². The Morgan fingerprint density at radius 1 is 1.26 bits per heavy atom. The summed E-state index contributed by atoms with van der Waals surface area (Å²) in [5.74, 6) is -0.814. The number of rotatable bonds is 5. The molecule has 0 aliphatic heterocycles. The number of para-hydroxylation sites is 1. The van der Waals surface area contributed by atoms with Gasteiger partial charge in [0.05, 0.1) is 5.69 Å². The number of carbonyl (C=O) groups excluding carboxylic acids is 2. The molecule has 0 atom stereocenters. The molecule has 2 N–H and O–H groups in total. The molecule has 1 aromatic carbocycles. The van der Waals surface area contributed by atoms with Gasteiger partial charge in [0.2, 0.25) is 11.8 Å². The fourth-order valence-corrected chi connectivity index (χ4v) is 1.56. The van der Waals surface area contributed by atoms with E-state index in [-0.39, 0.29) is 12.3 Å². The minimum atomic E-state index is -0.433. The van der Waals surface area contributed by atoms with Crippen LogP contribution in [0.25, 0.3) is 0 Å². The second kappa shape index (κ2) is 7.68. The highest BCUT2D eigenvalue weighted by atomic mass is 79.9. The second-order valence-electron chi connectivity index (χ2n) is 3.94. The third-order valence-electron chi connectivity index (χ3n) is 2.35. The largest absolute Gasteiger partial charge is 0.325 e. The van der Waals surface area contributed by atoms with Crippen molar-refractivity contribution in [1.82, 2.24) is 5.43 Å². The Labute approximate surface area is 120 Å². The zero-order valence-electron chi connectivity index (χ0n) is 10.9. The van der Waals surface area contributed by atoms with Crippen LogP contribution in [-0.2, 0) is 9.59 Å². The van der Waals surface area contributed by atoms with E-state index < -0.39 is 5.91 Å². The second-order valence-corrected chi connectivity index (χ2v) is 4.79. The first-order valence-electron chi connectivity index (χ1n) is 5.89. The molecule has 0 spiro atoms. The van der Waals surface area contributed by atoms with Crippen LogP contribution in [0, 0.1) is 0 Å². The van der Waals surface area contributed by atoms with Gasteiger partial charge in [0, 0.05) is 10.2 Å². The van der Waals surface area contributed by atoms with E-state index in [4.69, 9.17) is 0 Å². The summed E-state index contributed by atoms with van der Waals surface area (Å²) in [7, 11) is 0. The molecular formula is C13H16BrN3O2. The van der Waals surface area contributed by atoms with Crippen molar-refractivity contribution in [2.24, 2.45) is 5.10 Å². The van der Waals surface area contributed by atoms with Crippen molar-refractivity contribution in [1.29, 1.82) is 0 Å². The number of hydrogen-bond acceptors (Lipinski definition) is 3. The van der Waals surface area contributed by atoms with E-state index in [0.29, 0.717) is 5.69 Å². The molecule has 0 radical (unpaired) electrons. The van der Waals surface area contributed by atoms with Crippen LogP contribution in [0.1, 0.15) is 26.7 Å². The van der Waals surface area contributed by atoms with Gasteiger partial charge < -0.3 is 5.32 Å². The number of amides is 2. The molecule has 0 bridgehead atoms. The summed E-state index contributed by atoms with van der Waals surface area (Å²) >= 11 is 3.31. The summed E-state index contributed by atoms with van der Waals surface area (Å²) < 4.78 is 0.767. The van der Waals surface area contributed by atoms with Gasteiger partial charge in [-0.05, 0) is 41.4 Å². The van der Waals surface area contributed by atoms with Crippen LogP contribution >= 0.6 is 15.9 Å². The average Bonchev–Trinajstić information content (AvgIpc) is 2.38. The zero-order valence-corrected chi connectivity index (χ0v) is 12.5. The molecule has 5 nitrogen and oxygen atoms in total. The number of nitrogens with one attached hydrogen (secondary N) is 2. The minimum Gasteiger partial charge on any atom is -0.325 e. The first kappa shape index (κ1) is 15.4. The molecule has 0 fully saturated rings. The molecule has 2 amide bonds. The van der Waals surface area contributed by atoms with E-state index in [0.717, 1.165) is 16.6 Å². The lowest BCUT2D eigenvalue weighted by molar-refractivity contribution is -0.126. The van der Waals surface area contributed by atoms with E-state index in [1.54, 1.807) is 19.1 Å². The van der Waals surface area contributed by atoms with Gasteiger partial charge in [-0.2, -0.15) is 5.10 Å². The Bertz CT molecular complexity index is 500. The van der Waals surface area contributed by atoms with Crippen molar-refractivity contribution in [3.05, 3.63) is 28.7 Å². The van der Waals surface area contributed by atoms with E-state index in [1.165, 1.54) is 0 Å². The number of halogens is 1. The Balaban J connectivity index is 2.48. The third-order valence-corrected chi connectivity index (χ3v) is 3.04. The van der Waals surface area contributed by atoms with Crippen molar-refractivity contribution < 1.29 is 9.59 Å². The first-order chi connectivity index (χ1) is 9.02. The predicted molar refractivity (Wildman–Crippen MR) is 78.9 cm³/mol. The Morgan fingerprint density at radius 2 is 1.95 bits per heavy atom. The monoisotopic (exact) mass is 325 g/mol. The molecular weight excluding hydrogens is 310 g/mol. The maximum atomic E-state index is 11.6. The van der Waals surface area contributed by atoms with E-state index in [2.05, 4.69) is 31.8 Å². The third kappa shape index (κ3) is 5.65. The van der Waals surface area contributed by atoms with Gasteiger partial charge in [0.25, 0.3) is 0 Å². The van der Waals surface area contributed by atoms with E-state index in [9.17, 15) is 9.59 Å². The number of carbonyl (C=O) groups is 2. The lowest BCUT2D eigenvalue weighted by Crippen LogP contribution is -2.25. The van der Waals surface area contributed by atoms with Crippen molar-refractivity contribution in [2.45, 2.75) is 26.7 Å². The normalized spacial score (nSPS) is 11.0. The van der Waals surface area contributed by atoms with Gasteiger partial charge in [-0.1, -0.05) is 19.1 Å². The van der Waals surface area contributed by atoms with Gasteiger partial charge in [-0.3, -0.25) is 9.59 Å². The van der Waals surface area contributed by atoms with Gasteiger partial charge in [0.15, 0.2) is 0 Å². The van der Waals surface area contributed by atoms with Crippen molar-refractivity contribution in [2.75, 3.05) is 5.32 Å². The molecule has 0 aliphatic rings. The standard InChI is InChI=1S/C13H16BrN3O2/c1-3-9(2)16-17-13(19)8-12(18)15-11-7-5-4-6-10(11)14/h4-7H,3,8H2,1-2H3,(H,15,18)(H,17,19). The van der Waals surface area contributed by atoms with Gasteiger partial charge >= 0.3 is 0 Å². The van der Waals surface area contributed by atoms with Crippen LogP contribution in [0.5, 0.6) is 0 Å². The van der Waals surface area contributed by atoms with Crippen LogP contribution in [0.4, 0.5) is 5.69 Å². The molecule has 102 valence electrons. The summed E-state index contributed by atoms with van der Waals surface area (Å²) in [6, 6.07) is 7.20. The number of benzene rings is 1. The molecule has 6 heteroatoms. The molecule has 0 aromatic heterocycles. The number of hydrazone groups is 1. The highest BCUT2D eigenvalue weighted by molar-refractivity contribution is 9.10. The first-order valence-corrected chi connectivity index (χ1v) is 6.68. The molecule has 1 aromatic rings. The van der Waals surface area contributed by atoms with Crippen LogP contribution in [0.3, 0.4) is 0 Å². The zero-order chi connectivity index (χ0) is 14.3. The lowest BCUT2D eigenvalue weighted by atomic mass is 10.3. The average molecular weight is 326 g/mol. The van der Waals surface area contributed by atoms with Gasteiger partial charge in [-0.25, -0.2) is 5.43 Å². The Kier molecular flexibility index (Phi) is 6.21. The maximum Gasteiger partial charge on any atom is 0.249 e. The number of anilines is 1. The van der Waals surface area contributed by atoms with Crippen molar-refractivity contribution in [3.63, 3.8) is 0 Å². The highest BCUT2D eigenvalue weighted by Crippen LogP contribution is 2.21. The SMILES string of the molecule is CCC(C)=NNC(=O)CC(=O)Nc1ccccc1Br. The lowest BCUT2D eigenvalue weighted by Gasteiger charge is -2.06. The molecule has 0 saturated heterocycles. The van der Waals surface area contributed by atoms with Crippen LogP contribution in [0.2, 0.25) is 0 Å². The Morgan fingerprint density at radius 3 is 2.58 bits per heavy atom.